The van der Waals surface area contributed by atoms with Gasteiger partial charge in [-0.3, -0.25) is 4.79 Å². The molecule has 1 saturated carbocycles. The summed E-state index contributed by atoms with van der Waals surface area (Å²) in [7, 11) is 1.66. The lowest BCUT2D eigenvalue weighted by molar-refractivity contribution is -0.122. The van der Waals surface area contributed by atoms with Crippen LogP contribution in [-0.4, -0.2) is 19.6 Å². The number of nitrogens with two attached hydrogens (primary N) is 1. The molecule has 2 atom stereocenters. The van der Waals surface area contributed by atoms with Gasteiger partial charge in [0.2, 0.25) is 5.91 Å². The number of rotatable bonds is 8. The van der Waals surface area contributed by atoms with Crippen LogP contribution in [-0.2, 0) is 4.79 Å². The highest BCUT2D eigenvalue weighted by molar-refractivity contribution is 5.76. The fraction of sp³-hybridized carbons (Fsp3) is 0.588. The SMILES string of the molecule is COc1ccc(C(NC(=O)CCC(C)CN)C2CC2)cc1. The Hall–Kier alpha value is -1.55. The summed E-state index contributed by atoms with van der Waals surface area (Å²) in [5.41, 5.74) is 6.76. The molecule has 2 unspecified atom stereocenters. The molecule has 3 N–H and O–H groups in total. The van der Waals surface area contributed by atoms with Crippen LogP contribution in [0, 0.1) is 11.8 Å². The fourth-order valence-electron chi connectivity index (χ4n) is 2.46. The van der Waals surface area contributed by atoms with Crippen molar-refractivity contribution in [1.82, 2.24) is 5.32 Å². The van der Waals surface area contributed by atoms with Gasteiger partial charge in [0.25, 0.3) is 0 Å². The van der Waals surface area contributed by atoms with Crippen molar-refractivity contribution in [2.24, 2.45) is 17.6 Å². The van der Waals surface area contributed by atoms with E-state index in [4.69, 9.17) is 10.5 Å². The highest BCUT2D eigenvalue weighted by Crippen LogP contribution is 2.41. The zero-order valence-corrected chi connectivity index (χ0v) is 13.0. The molecule has 0 radical (unpaired) electrons. The van der Waals surface area contributed by atoms with Gasteiger partial charge < -0.3 is 15.8 Å². The van der Waals surface area contributed by atoms with Gasteiger partial charge in [0.15, 0.2) is 0 Å². The van der Waals surface area contributed by atoms with Gasteiger partial charge in [-0.15, -0.1) is 0 Å². The van der Waals surface area contributed by atoms with Gasteiger partial charge in [-0.25, -0.2) is 0 Å². The number of carbonyl (C=O) groups excluding carboxylic acids is 1. The molecule has 0 aliphatic heterocycles. The Balaban J connectivity index is 1.94. The number of hydrogen-bond acceptors (Lipinski definition) is 3. The quantitative estimate of drug-likeness (QED) is 0.773. The number of carbonyl (C=O) groups is 1. The van der Waals surface area contributed by atoms with Crippen molar-refractivity contribution in [3.8, 4) is 5.75 Å². The van der Waals surface area contributed by atoms with Gasteiger partial charge in [-0.1, -0.05) is 19.1 Å². The predicted octanol–water partition coefficient (Wildman–Crippen LogP) is 2.64. The van der Waals surface area contributed by atoms with E-state index in [1.807, 2.05) is 24.3 Å². The largest absolute Gasteiger partial charge is 0.497 e. The molecule has 0 heterocycles. The predicted molar refractivity (Wildman–Crippen MR) is 84.1 cm³/mol. The van der Waals surface area contributed by atoms with Crippen LogP contribution in [0.25, 0.3) is 0 Å². The van der Waals surface area contributed by atoms with Crippen LogP contribution in [0.4, 0.5) is 0 Å². The first-order chi connectivity index (χ1) is 10.1. The molecule has 1 aromatic rings. The van der Waals surface area contributed by atoms with Crippen LogP contribution in [0.5, 0.6) is 5.75 Å². The van der Waals surface area contributed by atoms with E-state index in [9.17, 15) is 4.79 Å². The molecule has 4 heteroatoms. The second-order valence-electron chi connectivity index (χ2n) is 6.04. The summed E-state index contributed by atoms with van der Waals surface area (Å²) in [6.07, 6.45) is 3.78. The van der Waals surface area contributed by atoms with Crippen molar-refractivity contribution < 1.29 is 9.53 Å². The molecule has 1 aliphatic carbocycles. The zero-order chi connectivity index (χ0) is 15.2. The van der Waals surface area contributed by atoms with E-state index in [0.717, 1.165) is 12.2 Å². The van der Waals surface area contributed by atoms with E-state index in [1.54, 1.807) is 7.11 Å². The van der Waals surface area contributed by atoms with Crippen LogP contribution in [0.3, 0.4) is 0 Å². The Morgan fingerprint density at radius 1 is 1.38 bits per heavy atom. The van der Waals surface area contributed by atoms with Gasteiger partial charge in [0.05, 0.1) is 13.2 Å². The number of nitrogens with one attached hydrogen (secondary N) is 1. The lowest BCUT2D eigenvalue weighted by atomic mass is 10.0. The molecule has 1 aliphatic rings. The molecule has 1 amide bonds. The number of ether oxygens (including phenoxy) is 1. The van der Waals surface area contributed by atoms with Gasteiger partial charge in [-0.2, -0.15) is 0 Å². The van der Waals surface area contributed by atoms with E-state index < -0.39 is 0 Å². The number of hydrogen-bond donors (Lipinski definition) is 2. The van der Waals surface area contributed by atoms with Gasteiger partial charge in [-0.05, 0) is 55.3 Å². The topological polar surface area (TPSA) is 64.3 Å². The van der Waals surface area contributed by atoms with E-state index >= 15 is 0 Å². The molecule has 0 aromatic heterocycles. The maximum Gasteiger partial charge on any atom is 0.220 e. The van der Waals surface area contributed by atoms with Crippen molar-refractivity contribution in [3.05, 3.63) is 29.8 Å². The molecule has 1 fully saturated rings. The summed E-state index contributed by atoms with van der Waals surface area (Å²) in [4.78, 5) is 12.1. The van der Waals surface area contributed by atoms with E-state index in [-0.39, 0.29) is 11.9 Å². The van der Waals surface area contributed by atoms with Crippen LogP contribution in [0.1, 0.15) is 44.2 Å². The van der Waals surface area contributed by atoms with Crippen molar-refractivity contribution in [2.45, 2.75) is 38.6 Å². The van der Waals surface area contributed by atoms with Crippen molar-refractivity contribution in [2.75, 3.05) is 13.7 Å². The Labute approximate surface area is 127 Å². The molecule has 0 spiro atoms. The fourth-order valence-corrected chi connectivity index (χ4v) is 2.46. The first-order valence-corrected chi connectivity index (χ1v) is 7.77. The second kappa shape index (κ2) is 7.46. The summed E-state index contributed by atoms with van der Waals surface area (Å²) in [5, 5.41) is 3.19. The Kier molecular flexibility index (Phi) is 5.62. The van der Waals surface area contributed by atoms with E-state index in [2.05, 4.69) is 12.2 Å². The molecule has 0 bridgehead atoms. The molecule has 2 rings (SSSR count). The molecule has 21 heavy (non-hydrogen) atoms. The summed E-state index contributed by atoms with van der Waals surface area (Å²) >= 11 is 0. The van der Waals surface area contributed by atoms with Crippen molar-refractivity contribution in [1.29, 1.82) is 0 Å². The van der Waals surface area contributed by atoms with E-state index in [0.29, 0.717) is 24.8 Å². The highest BCUT2D eigenvalue weighted by atomic mass is 16.5. The standard InChI is InChI=1S/C17H26N2O2/c1-12(11-18)3-10-16(20)19-17(13-4-5-13)14-6-8-15(21-2)9-7-14/h6-9,12-13,17H,3-5,10-11,18H2,1-2H3,(H,19,20). The molecule has 1 aromatic carbocycles. The Bertz CT molecular complexity index is 454. The van der Waals surface area contributed by atoms with Gasteiger partial charge in [0.1, 0.15) is 5.75 Å². The summed E-state index contributed by atoms with van der Waals surface area (Å²) in [6.45, 7) is 2.72. The number of amides is 1. The minimum atomic E-state index is 0.128. The van der Waals surface area contributed by atoms with Crippen molar-refractivity contribution >= 4 is 5.91 Å². The van der Waals surface area contributed by atoms with Crippen LogP contribution in [0.2, 0.25) is 0 Å². The Morgan fingerprint density at radius 3 is 2.57 bits per heavy atom. The molecule has 4 nitrogen and oxygen atoms in total. The van der Waals surface area contributed by atoms with E-state index in [1.165, 1.54) is 18.4 Å². The first-order valence-electron chi connectivity index (χ1n) is 7.77. The van der Waals surface area contributed by atoms with Crippen LogP contribution < -0.4 is 15.8 Å². The maximum absolute atomic E-state index is 12.1. The molecule has 116 valence electrons. The average molecular weight is 290 g/mol. The monoisotopic (exact) mass is 290 g/mol. The minimum absolute atomic E-state index is 0.128. The molecular weight excluding hydrogens is 264 g/mol. The molecule has 0 saturated heterocycles. The highest BCUT2D eigenvalue weighted by Gasteiger charge is 2.33. The zero-order valence-electron chi connectivity index (χ0n) is 13.0. The third-order valence-corrected chi connectivity index (χ3v) is 4.15. The third kappa shape index (κ3) is 4.74. The summed E-state index contributed by atoms with van der Waals surface area (Å²) in [5.74, 6) is 1.95. The van der Waals surface area contributed by atoms with Crippen LogP contribution in [0.15, 0.2) is 24.3 Å². The number of benzene rings is 1. The Morgan fingerprint density at radius 2 is 2.05 bits per heavy atom. The van der Waals surface area contributed by atoms with Crippen LogP contribution >= 0.6 is 0 Å². The lowest BCUT2D eigenvalue weighted by Gasteiger charge is -2.19. The third-order valence-electron chi connectivity index (χ3n) is 4.15. The lowest BCUT2D eigenvalue weighted by Crippen LogP contribution is -2.30. The van der Waals surface area contributed by atoms with Gasteiger partial charge in [0, 0.05) is 6.42 Å². The second-order valence-corrected chi connectivity index (χ2v) is 6.04. The first kappa shape index (κ1) is 15.8. The van der Waals surface area contributed by atoms with Gasteiger partial charge >= 0.3 is 0 Å². The normalized spacial score (nSPS) is 17.1. The smallest absolute Gasteiger partial charge is 0.220 e. The maximum atomic E-state index is 12.1. The summed E-state index contributed by atoms with van der Waals surface area (Å²) < 4.78 is 5.18. The average Bonchev–Trinajstić information content (AvgIpc) is 3.35. The summed E-state index contributed by atoms with van der Waals surface area (Å²) in [6, 6.07) is 8.13. The molecular formula is C17H26N2O2. The number of methoxy groups -OCH3 is 1. The van der Waals surface area contributed by atoms with Crippen molar-refractivity contribution in [3.63, 3.8) is 0 Å². The minimum Gasteiger partial charge on any atom is -0.497 e.